The summed E-state index contributed by atoms with van der Waals surface area (Å²) < 4.78 is 5.57. The summed E-state index contributed by atoms with van der Waals surface area (Å²) in [6.45, 7) is 0.358. The molecule has 0 spiro atoms. The zero-order valence-electron chi connectivity index (χ0n) is 13.2. The highest BCUT2D eigenvalue weighted by atomic mass is 35.5. The second-order valence-corrected chi connectivity index (χ2v) is 6.03. The van der Waals surface area contributed by atoms with E-state index in [0.29, 0.717) is 35.2 Å². The molecule has 2 aromatic rings. The molecule has 0 atom stereocenters. The van der Waals surface area contributed by atoms with E-state index in [1.54, 1.807) is 42.3 Å². The number of anilines is 2. The molecule has 0 saturated carbocycles. The van der Waals surface area contributed by atoms with Gasteiger partial charge in [0.1, 0.15) is 5.75 Å². The summed E-state index contributed by atoms with van der Waals surface area (Å²) in [5.41, 5.74) is 2.11. The van der Waals surface area contributed by atoms with Gasteiger partial charge in [0.05, 0.1) is 25.1 Å². The lowest BCUT2D eigenvalue weighted by Crippen LogP contribution is -2.25. The Morgan fingerprint density at radius 3 is 2.92 bits per heavy atom. The molecule has 6 heteroatoms. The molecule has 1 aliphatic rings. The first-order valence-electron chi connectivity index (χ1n) is 7.60. The van der Waals surface area contributed by atoms with Crippen LogP contribution in [0.5, 0.6) is 5.75 Å². The number of amides is 2. The van der Waals surface area contributed by atoms with Gasteiger partial charge in [-0.1, -0.05) is 23.7 Å². The number of nitrogens with zero attached hydrogens (tertiary/aromatic N) is 1. The summed E-state index contributed by atoms with van der Waals surface area (Å²) in [5, 5.41) is 3.44. The summed E-state index contributed by atoms with van der Waals surface area (Å²) >= 11 is 5.93. The minimum Gasteiger partial charge on any atom is -0.491 e. The van der Waals surface area contributed by atoms with Gasteiger partial charge in [-0.25, -0.2) is 0 Å². The van der Waals surface area contributed by atoms with Gasteiger partial charge in [0.25, 0.3) is 0 Å². The maximum atomic E-state index is 12.2. The van der Waals surface area contributed by atoms with Crippen molar-refractivity contribution in [2.75, 3.05) is 23.9 Å². The normalized spacial score (nSPS) is 13.8. The predicted molar refractivity (Wildman–Crippen MR) is 93.7 cm³/mol. The number of halogens is 1. The minimum absolute atomic E-state index is 0.0175. The van der Waals surface area contributed by atoms with Gasteiger partial charge in [-0.3, -0.25) is 9.59 Å². The highest BCUT2D eigenvalue weighted by Crippen LogP contribution is 2.33. The molecule has 3 rings (SSSR count). The highest BCUT2D eigenvalue weighted by Gasteiger charge is 2.20. The molecule has 124 valence electrons. The van der Waals surface area contributed by atoms with Crippen LogP contribution in [0.3, 0.4) is 0 Å². The number of rotatable bonds is 3. The lowest BCUT2D eigenvalue weighted by molar-refractivity contribution is -0.118. The molecule has 0 bridgehead atoms. The number of carbonyl (C=O) groups excluding carboxylic acids is 2. The average Bonchev–Trinajstić information content (AvgIpc) is 2.67. The molecule has 2 aromatic carbocycles. The van der Waals surface area contributed by atoms with Gasteiger partial charge >= 0.3 is 0 Å². The topological polar surface area (TPSA) is 58.6 Å². The Balaban J connectivity index is 1.75. The van der Waals surface area contributed by atoms with Crippen molar-refractivity contribution >= 4 is 34.8 Å². The SMILES string of the molecule is CN1C(=O)CCOc2ccc(NC(=O)Cc3cccc(Cl)c3)cc21. The molecular formula is C18H17ClN2O3. The lowest BCUT2D eigenvalue weighted by atomic mass is 10.1. The largest absolute Gasteiger partial charge is 0.491 e. The van der Waals surface area contributed by atoms with E-state index in [1.807, 2.05) is 12.1 Å². The number of fused-ring (bicyclic) bond motifs is 1. The Bertz CT molecular complexity index is 792. The highest BCUT2D eigenvalue weighted by molar-refractivity contribution is 6.30. The molecule has 24 heavy (non-hydrogen) atoms. The molecule has 0 fully saturated rings. The Hall–Kier alpha value is -2.53. The third-order valence-corrected chi connectivity index (χ3v) is 4.04. The number of nitrogens with one attached hydrogen (secondary N) is 1. The fraction of sp³-hybridized carbons (Fsp3) is 0.222. The van der Waals surface area contributed by atoms with Gasteiger partial charge < -0.3 is 15.0 Å². The zero-order valence-corrected chi connectivity index (χ0v) is 14.0. The van der Waals surface area contributed by atoms with E-state index in [0.717, 1.165) is 5.56 Å². The third-order valence-electron chi connectivity index (χ3n) is 3.81. The smallest absolute Gasteiger partial charge is 0.230 e. The molecule has 0 saturated heterocycles. The van der Waals surface area contributed by atoms with Gasteiger partial charge in [0.15, 0.2) is 0 Å². The number of hydrogen-bond donors (Lipinski definition) is 1. The van der Waals surface area contributed by atoms with Crippen LogP contribution in [0.2, 0.25) is 5.02 Å². The predicted octanol–water partition coefficient (Wildman–Crippen LogP) is 3.27. The van der Waals surface area contributed by atoms with Crippen molar-refractivity contribution in [2.45, 2.75) is 12.8 Å². The number of carbonyl (C=O) groups is 2. The van der Waals surface area contributed by atoms with E-state index in [4.69, 9.17) is 16.3 Å². The van der Waals surface area contributed by atoms with Crippen molar-refractivity contribution in [1.29, 1.82) is 0 Å². The monoisotopic (exact) mass is 344 g/mol. The molecule has 0 radical (unpaired) electrons. The Morgan fingerprint density at radius 1 is 1.29 bits per heavy atom. The first kappa shape index (κ1) is 16.3. The molecule has 0 unspecified atom stereocenters. The van der Waals surface area contributed by atoms with Gasteiger partial charge in [0.2, 0.25) is 11.8 Å². The van der Waals surface area contributed by atoms with Crippen LogP contribution in [-0.4, -0.2) is 25.5 Å². The maximum Gasteiger partial charge on any atom is 0.230 e. The van der Waals surface area contributed by atoms with Gasteiger partial charge in [0, 0.05) is 17.8 Å². The van der Waals surface area contributed by atoms with Crippen LogP contribution in [-0.2, 0) is 16.0 Å². The van der Waals surface area contributed by atoms with Crippen LogP contribution in [0, 0.1) is 0 Å². The van der Waals surface area contributed by atoms with Gasteiger partial charge in [-0.05, 0) is 35.9 Å². The summed E-state index contributed by atoms with van der Waals surface area (Å²) in [5.74, 6) is 0.466. The van der Waals surface area contributed by atoms with Gasteiger partial charge in [-0.15, -0.1) is 0 Å². The average molecular weight is 345 g/mol. The summed E-state index contributed by atoms with van der Waals surface area (Å²) in [7, 11) is 1.70. The Kier molecular flexibility index (Phi) is 4.71. The van der Waals surface area contributed by atoms with E-state index >= 15 is 0 Å². The molecule has 1 N–H and O–H groups in total. The third kappa shape index (κ3) is 3.68. The molecule has 0 aromatic heterocycles. The van der Waals surface area contributed by atoms with E-state index in [-0.39, 0.29) is 18.2 Å². The summed E-state index contributed by atoms with van der Waals surface area (Å²) in [6, 6.07) is 12.5. The van der Waals surface area contributed by atoms with Crippen LogP contribution in [0.1, 0.15) is 12.0 Å². The minimum atomic E-state index is -0.152. The maximum absolute atomic E-state index is 12.2. The Labute approximate surface area is 145 Å². The first-order chi connectivity index (χ1) is 11.5. The number of hydrogen-bond acceptors (Lipinski definition) is 3. The number of ether oxygens (including phenoxy) is 1. The van der Waals surface area contributed by atoms with E-state index in [1.165, 1.54) is 0 Å². The van der Waals surface area contributed by atoms with Crippen LogP contribution < -0.4 is 15.0 Å². The van der Waals surface area contributed by atoms with Crippen molar-refractivity contribution in [1.82, 2.24) is 0 Å². The molecule has 2 amide bonds. The molecule has 5 nitrogen and oxygen atoms in total. The second-order valence-electron chi connectivity index (χ2n) is 5.59. The fourth-order valence-electron chi connectivity index (χ4n) is 2.57. The van der Waals surface area contributed by atoms with Crippen LogP contribution in [0.25, 0.3) is 0 Å². The van der Waals surface area contributed by atoms with Crippen molar-refractivity contribution in [3.8, 4) is 5.75 Å². The molecule has 0 aliphatic carbocycles. The van der Waals surface area contributed by atoms with Crippen LogP contribution >= 0.6 is 11.6 Å². The summed E-state index contributed by atoms with van der Waals surface area (Å²) in [6.07, 6.45) is 0.560. The van der Waals surface area contributed by atoms with Crippen molar-refractivity contribution in [3.63, 3.8) is 0 Å². The molecule has 1 heterocycles. The Morgan fingerprint density at radius 2 is 2.12 bits per heavy atom. The zero-order chi connectivity index (χ0) is 17.1. The van der Waals surface area contributed by atoms with Crippen LogP contribution in [0.4, 0.5) is 11.4 Å². The fourth-order valence-corrected chi connectivity index (χ4v) is 2.78. The van der Waals surface area contributed by atoms with E-state index < -0.39 is 0 Å². The number of benzene rings is 2. The van der Waals surface area contributed by atoms with E-state index in [9.17, 15) is 9.59 Å². The summed E-state index contributed by atoms with van der Waals surface area (Å²) in [4.78, 5) is 25.7. The molecule has 1 aliphatic heterocycles. The van der Waals surface area contributed by atoms with E-state index in [2.05, 4.69) is 5.32 Å². The second kappa shape index (κ2) is 6.93. The quantitative estimate of drug-likeness (QED) is 0.929. The van der Waals surface area contributed by atoms with Gasteiger partial charge in [-0.2, -0.15) is 0 Å². The van der Waals surface area contributed by atoms with Crippen molar-refractivity contribution < 1.29 is 14.3 Å². The molecular weight excluding hydrogens is 328 g/mol. The lowest BCUT2D eigenvalue weighted by Gasteiger charge is -2.17. The van der Waals surface area contributed by atoms with Crippen molar-refractivity contribution in [3.05, 3.63) is 53.1 Å². The van der Waals surface area contributed by atoms with Crippen molar-refractivity contribution in [2.24, 2.45) is 0 Å². The van der Waals surface area contributed by atoms with Crippen LogP contribution in [0.15, 0.2) is 42.5 Å². The standard InChI is InChI=1S/C18H17ClN2O3/c1-21-15-11-14(5-6-16(15)24-8-7-18(21)23)20-17(22)10-12-3-2-4-13(19)9-12/h2-6,9,11H,7-8,10H2,1H3,(H,20,22). The first-order valence-corrected chi connectivity index (χ1v) is 7.98.